The lowest BCUT2D eigenvalue weighted by Gasteiger charge is -2.40. The minimum Gasteiger partial charge on any atom is -0.480 e. The third-order valence-electron chi connectivity index (χ3n) is 5.12. The van der Waals surface area contributed by atoms with Crippen LogP contribution in [0.4, 0.5) is 0 Å². The molecule has 0 spiro atoms. The molecular formula is C15H24N2O3. The van der Waals surface area contributed by atoms with Gasteiger partial charge in [0.05, 0.1) is 6.04 Å². The van der Waals surface area contributed by atoms with Crippen LogP contribution in [0.15, 0.2) is 0 Å². The summed E-state index contributed by atoms with van der Waals surface area (Å²) in [5, 5.41) is 15.4. The summed E-state index contributed by atoms with van der Waals surface area (Å²) in [5.41, 5.74) is 0. The van der Waals surface area contributed by atoms with Gasteiger partial charge in [-0.15, -0.1) is 0 Å². The maximum absolute atomic E-state index is 12.3. The van der Waals surface area contributed by atoms with Gasteiger partial charge in [0.25, 0.3) is 0 Å². The fourth-order valence-corrected chi connectivity index (χ4v) is 3.77. The molecule has 1 heterocycles. The minimum atomic E-state index is -0.896. The molecule has 3 fully saturated rings. The normalized spacial score (nSPS) is 34.9. The molecule has 5 heteroatoms. The number of carbonyl (C=O) groups excluding carboxylic acids is 1. The SMILES string of the molecule is O=C(NC(C(=O)O)C1CC1)C1CCC2CCCCC2N1. The molecule has 2 saturated carbocycles. The van der Waals surface area contributed by atoms with Crippen LogP contribution >= 0.6 is 0 Å². The molecule has 4 atom stereocenters. The highest BCUT2D eigenvalue weighted by atomic mass is 16.4. The van der Waals surface area contributed by atoms with Gasteiger partial charge in [0, 0.05) is 6.04 Å². The molecule has 0 aromatic rings. The van der Waals surface area contributed by atoms with Gasteiger partial charge in [-0.3, -0.25) is 4.79 Å². The fraction of sp³-hybridized carbons (Fsp3) is 0.867. The van der Waals surface area contributed by atoms with Crippen LogP contribution in [0, 0.1) is 11.8 Å². The van der Waals surface area contributed by atoms with E-state index in [1.54, 1.807) is 0 Å². The number of carboxylic acids is 1. The standard InChI is InChI=1S/C15H24N2O3/c18-14(17-13(15(19)20)10-5-6-10)12-8-7-9-3-1-2-4-11(9)16-12/h9-13,16H,1-8H2,(H,17,18)(H,19,20). The number of aliphatic carboxylic acids is 1. The van der Waals surface area contributed by atoms with Crippen LogP contribution in [0.5, 0.6) is 0 Å². The summed E-state index contributed by atoms with van der Waals surface area (Å²) in [6, 6.07) is -0.430. The lowest BCUT2D eigenvalue weighted by molar-refractivity contribution is -0.143. The zero-order valence-corrected chi connectivity index (χ0v) is 11.8. The van der Waals surface area contributed by atoms with E-state index in [1.807, 2.05) is 0 Å². The summed E-state index contributed by atoms with van der Waals surface area (Å²) in [6.07, 6.45) is 8.73. The summed E-state index contributed by atoms with van der Waals surface area (Å²) >= 11 is 0. The first-order chi connectivity index (χ1) is 9.65. The van der Waals surface area contributed by atoms with E-state index in [2.05, 4.69) is 10.6 Å². The molecule has 20 heavy (non-hydrogen) atoms. The van der Waals surface area contributed by atoms with E-state index in [1.165, 1.54) is 19.3 Å². The maximum atomic E-state index is 12.3. The van der Waals surface area contributed by atoms with Crippen molar-refractivity contribution in [3.05, 3.63) is 0 Å². The molecule has 3 rings (SSSR count). The van der Waals surface area contributed by atoms with Gasteiger partial charge >= 0.3 is 5.97 Å². The van der Waals surface area contributed by atoms with Gasteiger partial charge < -0.3 is 15.7 Å². The van der Waals surface area contributed by atoms with E-state index >= 15 is 0 Å². The van der Waals surface area contributed by atoms with Crippen LogP contribution in [0.2, 0.25) is 0 Å². The van der Waals surface area contributed by atoms with E-state index in [0.717, 1.165) is 32.1 Å². The van der Waals surface area contributed by atoms with E-state index in [0.29, 0.717) is 12.0 Å². The summed E-state index contributed by atoms with van der Waals surface area (Å²) in [4.78, 5) is 23.5. The molecule has 4 unspecified atom stereocenters. The van der Waals surface area contributed by atoms with E-state index in [-0.39, 0.29) is 17.9 Å². The van der Waals surface area contributed by atoms with Crippen molar-refractivity contribution in [3.63, 3.8) is 0 Å². The predicted molar refractivity (Wildman–Crippen MR) is 74.2 cm³/mol. The molecule has 3 aliphatic rings. The van der Waals surface area contributed by atoms with Crippen molar-refractivity contribution in [3.8, 4) is 0 Å². The number of rotatable bonds is 4. The smallest absolute Gasteiger partial charge is 0.326 e. The Balaban J connectivity index is 1.55. The second-order valence-electron chi connectivity index (χ2n) is 6.61. The van der Waals surface area contributed by atoms with Crippen molar-refractivity contribution < 1.29 is 14.7 Å². The number of carbonyl (C=O) groups is 2. The van der Waals surface area contributed by atoms with Gasteiger partial charge in [-0.25, -0.2) is 4.79 Å². The minimum absolute atomic E-state index is 0.117. The van der Waals surface area contributed by atoms with Crippen LogP contribution in [-0.2, 0) is 9.59 Å². The molecule has 0 aromatic heterocycles. The summed E-state index contributed by atoms with van der Waals surface area (Å²) < 4.78 is 0. The lowest BCUT2D eigenvalue weighted by atomic mass is 9.77. The van der Waals surface area contributed by atoms with Gasteiger partial charge in [0.1, 0.15) is 6.04 Å². The Kier molecular flexibility index (Phi) is 3.96. The van der Waals surface area contributed by atoms with Crippen LogP contribution in [0.1, 0.15) is 51.4 Å². The first-order valence-corrected chi connectivity index (χ1v) is 7.94. The molecular weight excluding hydrogens is 256 g/mol. The number of nitrogens with one attached hydrogen (secondary N) is 2. The van der Waals surface area contributed by atoms with E-state index in [9.17, 15) is 14.7 Å². The Labute approximate surface area is 119 Å². The quantitative estimate of drug-likeness (QED) is 0.725. The predicted octanol–water partition coefficient (Wildman–Crippen LogP) is 1.28. The number of amides is 1. The zero-order chi connectivity index (χ0) is 14.1. The third kappa shape index (κ3) is 2.97. The van der Waals surface area contributed by atoms with Gasteiger partial charge in [-0.1, -0.05) is 12.8 Å². The van der Waals surface area contributed by atoms with Crippen LogP contribution in [0.25, 0.3) is 0 Å². The van der Waals surface area contributed by atoms with Crippen molar-refractivity contribution in [1.29, 1.82) is 0 Å². The summed E-state index contributed by atoms with van der Waals surface area (Å²) in [6.45, 7) is 0. The summed E-state index contributed by atoms with van der Waals surface area (Å²) in [5.74, 6) is -0.158. The molecule has 5 nitrogen and oxygen atoms in total. The van der Waals surface area contributed by atoms with Gasteiger partial charge in [-0.2, -0.15) is 0 Å². The van der Waals surface area contributed by atoms with Crippen LogP contribution < -0.4 is 10.6 Å². The van der Waals surface area contributed by atoms with Gasteiger partial charge in [0.2, 0.25) is 5.91 Å². The highest BCUT2D eigenvalue weighted by molar-refractivity contribution is 5.87. The number of carboxylic acid groups (broad SMARTS) is 1. The second-order valence-corrected chi connectivity index (χ2v) is 6.61. The van der Waals surface area contributed by atoms with Crippen LogP contribution in [0.3, 0.4) is 0 Å². The van der Waals surface area contributed by atoms with E-state index in [4.69, 9.17) is 0 Å². The molecule has 0 aromatic carbocycles. The number of fused-ring (bicyclic) bond motifs is 1. The Morgan fingerprint density at radius 2 is 1.80 bits per heavy atom. The average Bonchev–Trinajstić information content (AvgIpc) is 3.28. The van der Waals surface area contributed by atoms with Crippen molar-refractivity contribution >= 4 is 11.9 Å². The first kappa shape index (κ1) is 13.9. The molecule has 1 saturated heterocycles. The Hall–Kier alpha value is -1.10. The molecule has 1 amide bonds. The number of hydrogen-bond donors (Lipinski definition) is 3. The number of piperidine rings is 1. The van der Waals surface area contributed by atoms with Crippen molar-refractivity contribution in [2.24, 2.45) is 11.8 Å². The topological polar surface area (TPSA) is 78.4 Å². The highest BCUT2D eigenvalue weighted by Crippen LogP contribution is 2.34. The van der Waals surface area contributed by atoms with Gasteiger partial charge in [0.15, 0.2) is 0 Å². The molecule has 1 aliphatic heterocycles. The molecule has 112 valence electrons. The average molecular weight is 280 g/mol. The fourth-order valence-electron chi connectivity index (χ4n) is 3.77. The maximum Gasteiger partial charge on any atom is 0.326 e. The Morgan fingerprint density at radius 3 is 2.50 bits per heavy atom. The first-order valence-electron chi connectivity index (χ1n) is 7.94. The Bertz CT molecular complexity index is 395. The molecule has 0 bridgehead atoms. The highest BCUT2D eigenvalue weighted by Gasteiger charge is 2.40. The second kappa shape index (κ2) is 5.72. The zero-order valence-electron chi connectivity index (χ0n) is 11.8. The van der Waals surface area contributed by atoms with E-state index < -0.39 is 12.0 Å². The lowest BCUT2D eigenvalue weighted by Crippen LogP contribution is -2.57. The molecule has 0 radical (unpaired) electrons. The van der Waals surface area contributed by atoms with Crippen molar-refractivity contribution in [1.82, 2.24) is 10.6 Å². The monoisotopic (exact) mass is 280 g/mol. The van der Waals surface area contributed by atoms with Crippen LogP contribution in [-0.4, -0.2) is 35.1 Å². The van der Waals surface area contributed by atoms with Crippen molar-refractivity contribution in [2.75, 3.05) is 0 Å². The summed E-state index contributed by atoms with van der Waals surface area (Å²) in [7, 11) is 0. The number of hydrogen-bond acceptors (Lipinski definition) is 3. The Morgan fingerprint density at radius 1 is 1.05 bits per heavy atom. The molecule has 2 aliphatic carbocycles. The van der Waals surface area contributed by atoms with Gasteiger partial charge in [-0.05, 0) is 50.4 Å². The molecule has 3 N–H and O–H groups in total. The van der Waals surface area contributed by atoms with Crippen molar-refractivity contribution in [2.45, 2.75) is 69.5 Å². The largest absolute Gasteiger partial charge is 0.480 e. The third-order valence-corrected chi connectivity index (χ3v) is 5.12.